The first kappa shape index (κ1) is 12.9. The number of carbonyl (C=O) groups excluding carboxylic acids is 2. The van der Waals surface area contributed by atoms with E-state index in [1.165, 1.54) is 11.2 Å². The van der Waals surface area contributed by atoms with Crippen LogP contribution < -0.4 is 0 Å². The summed E-state index contributed by atoms with van der Waals surface area (Å²) in [6.45, 7) is 0.204. The van der Waals surface area contributed by atoms with Crippen molar-refractivity contribution in [2.75, 3.05) is 7.05 Å². The highest BCUT2D eigenvalue weighted by atomic mass is 16.2. The third-order valence-electron chi connectivity index (χ3n) is 3.33. The zero-order chi connectivity index (χ0) is 15.0. The molecule has 0 saturated carbocycles. The molecule has 1 aliphatic rings. The predicted molar refractivity (Wildman–Crippen MR) is 72.8 cm³/mol. The Morgan fingerprint density at radius 2 is 2.19 bits per heavy atom. The van der Waals surface area contributed by atoms with Gasteiger partial charge in [-0.05, 0) is 22.8 Å². The van der Waals surface area contributed by atoms with Crippen LogP contribution in [0, 0.1) is 0 Å². The van der Waals surface area contributed by atoms with Crippen molar-refractivity contribution >= 4 is 11.8 Å². The van der Waals surface area contributed by atoms with Crippen molar-refractivity contribution in [2.24, 2.45) is 5.11 Å². The Morgan fingerprint density at radius 1 is 1.43 bits per heavy atom. The minimum atomic E-state index is -0.758. The fraction of sp³-hybridized carbons (Fsp3) is 0.154. The van der Waals surface area contributed by atoms with Crippen LogP contribution >= 0.6 is 0 Å². The number of rotatable bonds is 1. The van der Waals surface area contributed by atoms with Gasteiger partial charge in [0.25, 0.3) is 11.8 Å². The molecule has 2 aromatic rings. The highest BCUT2D eigenvalue weighted by molar-refractivity contribution is 5.99. The van der Waals surface area contributed by atoms with Crippen LogP contribution in [0.1, 0.15) is 26.5 Å². The summed E-state index contributed by atoms with van der Waals surface area (Å²) < 4.78 is 1.68. The van der Waals surface area contributed by atoms with Gasteiger partial charge in [-0.1, -0.05) is 12.1 Å². The molecule has 0 unspecified atom stereocenters. The first-order chi connectivity index (χ1) is 10.1. The van der Waals surface area contributed by atoms with E-state index in [0.717, 1.165) is 0 Å². The van der Waals surface area contributed by atoms with Crippen molar-refractivity contribution in [2.45, 2.75) is 6.54 Å². The molecule has 0 fully saturated rings. The van der Waals surface area contributed by atoms with E-state index in [0.29, 0.717) is 16.9 Å². The topological polar surface area (TPSA) is 104 Å². The molecule has 3 rings (SSSR count). The van der Waals surface area contributed by atoms with Gasteiger partial charge in [0.1, 0.15) is 12.0 Å². The minimum absolute atomic E-state index is 0.0594. The quantitative estimate of drug-likeness (QED) is 0.453. The van der Waals surface area contributed by atoms with Gasteiger partial charge in [0, 0.05) is 12.0 Å². The SMILES string of the molecule is CN1Cc2c(C(=O)N=[N+]=[N-])ncn2-c2ccccc2C1=O. The summed E-state index contributed by atoms with van der Waals surface area (Å²) in [5.74, 6) is -0.900. The molecule has 0 N–H and O–H groups in total. The molecule has 0 saturated heterocycles. The van der Waals surface area contributed by atoms with Gasteiger partial charge in [-0.15, -0.1) is 0 Å². The molecule has 2 amide bonds. The normalized spacial score (nSPS) is 13.0. The maximum atomic E-state index is 12.3. The number of hydrogen-bond acceptors (Lipinski definition) is 3. The molecule has 104 valence electrons. The van der Waals surface area contributed by atoms with Crippen molar-refractivity contribution in [3.63, 3.8) is 0 Å². The summed E-state index contributed by atoms with van der Waals surface area (Å²) in [6.07, 6.45) is 1.46. The maximum Gasteiger partial charge on any atom is 0.269 e. The lowest BCUT2D eigenvalue weighted by atomic mass is 10.1. The first-order valence-electron chi connectivity index (χ1n) is 6.14. The van der Waals surface area contributed by atoms with Crippen LogP contribution in [0.2, 0.25) is 0 Å². The zero-order valence-electron chi connectivity index (χ0n) is 11.1. The lowest BCUT2D eigenvalue weighted by Gasteiger charge is -2.14. The molecule has 1 aromatic heterocycles. The van der Waals surface area contributed by atoms with Gasteiger partial charge in [-0.2, -0.15) is 0 Å². The molecule has 1 aliphatic heterocycles. The van der Waals surface area contributed by atoms with Crippen molar-refractivity contribution < 1.29 is 9.59 Å². The van der Waals surface area contributed by atoms with Crippen LogP contribution in [0.4, 0.5) is 0 Å². The van der Waals surface area contributed by atoms with Gasteiger partial charge >= 0.3 is 0 Å². The predicted octanol–water partition coefficient (Wildman–Crippen LogP) is 1.91. The number of imidazole rings is 1. The number of hydrogen-bond donors (Lipinski definition) is 0. The number of carbonyl (C=O) groups is 2. The summed E-state index contributed by atoms with van der Waals surface area (Å²) in [4.78, 5) is 32.1. The third kappa shape index (κ3) is 1.94. The monoisotopic (exact) mass is 282 g/mol. The largest absolute Gasteiger partial charge is 0.336 e. The summed E-state index contributed by atoms with van der Waals surface area (Å²) in [5, 5.41) is 3.07. The smallest absolute Gasteiger partial charge is 0.269 e. The molecule has 8 nitrogen and oxygen atoms in total. The van der Waals surface area contributed by atoms with E-state index < -0.39 is 5.91 Å². The molecule has 21 heavy (non-hydrogen) atoms. The van der Waals surface area contributed by atoms with Crippen LogP contribution in [-0.2, 0) is 6.54 Å². The fourth-order valence-electron chi connectivity index (χ4n) is 2.37. The van der Waals surface area contributed by atoms with E-state index in [2.05, 4.69) is 15.0 Å². The van der Waals surface area contributed by atoms with E-state index in [1.807, 2.05) is 0 Å². The van der Waals surface area contributed by atoms with Gasteiger partial charge in [0.05, 0.1) is 23.5 Å². The average molecular weight is 282 g/mol. The number of azide groups is 1. The molecule has 8 heteroatoms. The van der Waals surface area contributed by atoms with E-state index in [4.69, 9.17) is 5.53 Å². The number of benzene rings is 1. The molecule has 0 bridgehead atoms. The second-order valence-corrected chi connectivity index (χ2v) is 4.58. The second-order valence-electron chi connectivity index (χ2n) is 4.58. The Kier molecular flexibility index (Phi) is 2.93. The molecule has 0 radical (unpaired) electrons. The Bertz CT molecular complexity index is 803. The summed E-state index contributed by atoms with van der Waals surface area (Å²) in [6, 6.07) is 7.08. The van der Waals surface area contributed by atoms with Gasteiger partial charge < -0.3 is 4.90 Å². The third-order valence-corrected chi connectivity index (χ3v) is 3.33. The maximum absolute atomic E-state index is 12.3. The average Bonchev–Trinajstić information content (AvgIpc) is 2.86. The number of aromatic nitrogens is 2. The van der Waals surface area contributed by atoms with Crippen molar-refractivity contribution in [1.82, 2.24) is 14.5 Å². The molecular formula is C13H10N6O2. The Hall–Kier alpha value is -3.12. The van der Waals surface area contributed by atoms with Crippen LogP contribution in [0.15, 0.2) is 35.7 Å². The summed E-state index contributed by atoms with van der Waals surface area (Å²) in [5.41, 5.74) is 10.1. The summed E-state index contributed by atoms with van der Waals surface area (Å²) >= 11 is 0. The van der Waals surface area contributed by atoms with Gasteiger partial charge in [0.2, 0.25) is 0 Å². The second kappa shape index (κ2) is 4.77. The minimum Gasteiger partial charge on any atom is -0.336 e. The van der Waals surface area contributed by atoms with Gasteiger partial charge in [-0.25, -0.2) is 4.98 Å². The van der Waals surface area contributed by atoms with Crippen molar-refractivity contribution in [3.8, 4) is 5.69 Å². The van der Waals surface area contributed by atoms with E-state index >= 15 is 0 Å². The van der Waals surface area contributed by atoms with E-state index in [-0.39, 0.29) is 18.1 Å². The van der Waals surface area contributed by atoms with Crippen molar-refractivity contribution in [1.29, 1.82) is 0 Å². The molecule has 0 aliphatic carbocycles. The van der Waals surface area contributed by atoms with Gasteiger partial charge in [0.15, 0.2) is 0 Å². The molecule has 0 atom stereocenters. The Balaban J connectivity index is 2.25. The van der Waals surface area contributed by atoms with E-state index in [1.54, 1.807) is 35.9 Å². The number of fused-ring (bicyclic) bond motifs is 3. The Labute approximate surface area is 119 Å². The highest BCUT2D eigenvalue weighted by Crippen LogP contribution is 2.25. The highest BCUT2D eigenvalue weighted by Gasteiger charge is 2.27. The first-order valence-corrected chi connectivity index (χ1v) is 6.14. The van der Waals surface area contributed by atoms with Crippen LogP contribution in [0.3, 0.4) is 0 Å². The Morgan fingerprint density at radius 3 is 2.95 bits per heavy atom. The standard InChI is InChI=1S/C13H10N6O2/c1-18-6-10-11(12(20)16-17-14)15-7-19(10)9-5-3-2-4-8(9)13(18)21/h2-5,7H,6H2,1H3. The van der Waals surface area contributed by atoms with E-state index in [9.17, 15) is 9.59 Å². The molecule has 2 heterocycles. The lowest BCUT2D eigenvalue weighted by molar-refractivity contribution is 0.0785. The van der Waals surface area contributed by atoms with Crippen LogP contribution in [0.5, 0.6) is 0 Å². The van der Waals surface area contributed by atoms with Crippen molar-refractivity contribution in [3.05, 3.63) is 58.0 Å². The van der Waals surface area contributed by atoms with Crippen LogP contribution in [-0.4, -0.2) is 33.3 Å². The van der Waals surface area contributed by atoms with Gasteiger partial charge in [-0.3, -0.25) is 14.2 Å². The fourth-order valence-corrected chi connectivity index (χ4v) is 2.37. The number of nitrogens with zero attached hydrogens (tertiary/aromatic N) is 6. The lowest BCUT2D eigenvalue weighted by Crippen LogP contribution is -2.25. The van der Waals surface area contributed by atoms with Crippen LogP contribution in [0.25, 0.3) is 16.1 Å². The number of para-hydroxylation sites is 1. The summed E-state index contributed by atoms with van der Waals surface area (Å²) in [7, 11) is 1.64. The molecule has 0 spiro atoms. The number of amides is 2. The zero-order valence-corrected chi connectivity index (χ0v) is 11.1. The molecular weight excluding hydrogens is 272 g/mol. The molecule has 1 aromatic carbocycles.